The number of halogens is 3. The van der Waals surface area contributed by atoms with E-state index < -0.39 is 36.4 Å². The molecule has 0 saturated heterocycles. The summed E-state index contributed by atoms with van der Waals surface area (Å²) in [5.74, 6) is -1.65. The van der Waals surface area contributed by atoms with E-state index >= 15 is 0 Å². The first-order valence-electron chi connectivity index (χ1n) is 7.76. The normalized spacial score (nSPS) is 13.2. The molecule has 0 aliphatic rings. The van der Waals surface area contributed by atoms with Crippen molar-refractivity contribution in [2.45, 2.75) is 60.1 Å². The second-order valence-electron chi connectivity index (χ2n) is 7.51. The molecule has 0 spiro atoms. The molecule has 7 nitrogen and oxygen atoms in total. The van der Waals surface area contributed by atoms with E-state index in [0.717, 1.165) is 0 Å². The Morgan fingerprint density at radius 2 is 0.846 bits per heavy atom. The van der Waals surface area contributed by atoms with Crippen LogP contribution in [-0.4, -0.2) is 56.2 Å². The third-order valence-electron chi connectivity index (χ3n) is 2.93. The molecule has 2 N–H and O–H groups in total. The molecule has 0 amide bonds. The van der Waals surface area contributed by atoms with E-state index in [1.807, 2.05) is 0 Å². The zero-order chi connectivity index (χ0) is 21.0. The quantitative estimate of drug-likeness (QED) is 0.259. The maximum Gasteiger partial charge on any atom is 0.322 e. The van der Waals surface area contributed by atoms with Crippen molar-refractivity contribution in [3.63, 3.8) is 0 Å². The van der Waals surface area contributed by atoms with E-state index in [1.165, 1.54) is 0 Å². The van der Waals surface area contributed by atoms with Gasteiger partial charge in [0, 0.05) is 0 Å². The molecule has 0 fully saturated rings. The zero-order valence-electron chi connectivity index (χ0n) is 15.8. The molecule has 0 aromatic rings. The average Bonchev–Trinajstić information content (AvgIpc) is 2.45. The predicted molar refractivity (Wildman–Crippen MR) is 109 cm³/mol. The van der Waals surface area contributed by atoms with E-state index in [1.54, 1.807) is 41.5 Å². The minimum atomic E-state index is -1.39. The van der Waals surface area contributed by atoms with Crippen molar-refractivity contribution in [3.05, 3.63) is 0 Å². The van der Waals surface area contributed by atoms with Gasteiger partial charge in [0.05, 0.1) is 0 Å². The van der Waals surface area contributed by atoms with Gasteiger partial charge < -0.3 is 19.9 Å². The number of alkyl halides is 3. The summed E-state index contributed by atoms with van der Waals surface area (Å²) in [5.41, 5.74) is 4.80. The Morgan fingerprint density at radius 3 is 1.00 bits per heavy atom. The van der Waals surface area contributed by atoms with Crippen LogP contribution >= 0.6 is 47.8 Å². The number of carbonyl (C=O) groups excluding carboxylic acids is 3. The molecular formula is C16H26Br3NO6. The molecule has 10 heteroatoms. The first-order valence-corrected chi connectivity index (χ1v) is 10.1. The molecule has 0 atom stereocenters. The van der Waals surface area contributed by atoms with Crippen LogP contribution in [0.2, 0.25) is 0 Å². The third kappa shape index (κ3) is 9.66. The lowest BCUT2D eigenvalue weighted by atomic mass is 10.0. The Hall–Kier alpha value is -0.190. The van der Waals surface area contributed by atoms with Gasteiger partial charge in [-0.1, -0.05) is 47.8 Å². The molecule has 0 aromatic carbocycles. The first-order chi connectivity index (χ1) is 11.4. The maximum atomic E-state index is 12.0. The summed E-state index contributed by atoms with van der Waals surface area (Å²) in [7, 11) is 0. The van der Waals surface area contributed by atoms with Crippen LogP contribution in [0.5, 0.6) is 0 Å². The molecule has 0 rings (SSSR count). The van der Waals surface area contributed by atoms with Crippen molar-refractivity contribution >= 4 is 65.7 Å². The number of esters is 3. The fourth-order valence-electron chi connectivity index (χ4n) is 1.27. The monoisotopic (exact) mass is 565 g/mol. The third-order valence-corrected chi connectivity index (χ3v) is 3.90. The molecule has 0 unspecified atom stereocenters. The Labute approximate surface area is 179 Å². The standard InChI is InChI=1S/C16H26Br3NO6/c1-13(2,17)10(21)24-7-16(20,8-25-11(22)14(3,4)18)9-26-12(23)15(5,6)19/h7-9,20H2,1-6H3. The van der Waals surface area contributed by atoms with E-state index in [9.17, 15) is 14.4 Å². The van der Waals surface area contributed by atoms with Gasteiger partial charge in [-0.25, -0.2) is 0 Å². The summed E-state index contributed by atoms with van der Waals surface area (Å²) < 4.78 is 12.9. The summed E-state index contributed by atoms with van der Waals surface area (Å²) in [6.07, 6.45) is 0. The Morgan fingerprint density at radius 1 is 0.654 bits per heavy atom. The largest absolute Gasteiger partial charge is 0.462 e. The fraction of sp³-hybridized carbons (Fsp3) is 0.812. The number of hydrogen-bond acceptors (Lipinski definition) is 7. The molecule has 0 aliphatic carbocycles. The second-order valence-corrected chi connectivity index (χ2v) is 13.5. The van der Waals surface area contributed by atoms with E-state index in [-0.39, 0.29) is 19.8 Å². The molecular weight excluding hydrogens is 542 g/mol. The van der Waals surface area contributed by atoms with Crippen LogP contribution in [0.15, 0.2) is 0 Å². The highest BCUT2D eigenvalue weighted by atomic mass is 79.9. The maximum absolute atomic E-state index is 12.0. The van der Waals surface area contributed by atoms with Gasteiger partial charge in [-0.05, 0) is 41.5 Å². The van der Waals surface area contributed by atoms with Crippen molar-refractivity contribution in [1.82, 2.24) is 0 Å². The summed E-state index contributed by atoms with van der Waals surface area (Å²) >= 11 is 9.57. The van der Waals surface area contributed by atoms with Gasteiger partial charge in [-0.3, -0.25) is 14.4 Å². The summed E-state index contributed by atoms with van der Waals surface area (Å²) in [6, 6.07) is 0. The molecule has 0 radical (unpaired) electrons. The Bertz CT molecular complexity index is 457. The molecule has 26 heavy (non-hydrogen) atoms. The predicted octanol–water partition coefficient (Wildman–Crippen LogP) is 2.83. The lowest BCUT2D eigenvalue weighted by Gasteiger charge is -2.30. The van der Waals surface area contributed by atoms with Crippen LogP contribution in [0.3, 0.4) is 0 Å². The Balaban J connectivity index is 5.10. The number of rotatable bonds is 9. The van der Waals surface area contributed by atoms with Crippen molar-refractivity contribution in [2.24, 2.45) is 5.73 Å². The smallest absolute Gasteiger partial charge is 0.322 e. The van der Waals surface area contributed by atoms with Gasteiger partial charge in [-0.15, -0.1) is 0 Å². The highest BCUT2D eigenvalue weighted by Gasteiger charge is 2.37. The molecule has 0 aromatic heterocycles. The lowest BCUT2D eigenvalue weighted by Crippen LogP contribution is -2.55. The van der Waals surface area contributed by atoms with Crippen molar-refractivity contribution in [2.75, 3.05) is 19.8 Å². The highest BCUT2D eigenvalue weighted by molar-refractivity contribution is 9.10. The van der Waals surface area contributed by atoms with Gasteiger partial charge in [0.15, 0.2) is 0 Å². The lowest BCUT2D eigenvalue weighted by molar-refractivity contribution is -0.157. The van der Waals surface area contributed by atoms with Crippen LogP contribution in [0, 0.1) is 0 Å². The second kappa shape index (κ2) is 9.34. The zero-order valence-corrected chi connectivity index (χ0v) is 20.5. The van der Waals surface area contributed by atoms with Gasteiger partial charge in [-0.2, -0.15) is 0 Å². The summed E-state index contributed by atoms with van der Waals surface area (Å²) in [5, 5.41) is 0. The molecule has 0 bridgehead atoms. The van der Waals surface area contributed by atoms with Crippen molar-refractivity contribution in [1.29, 1.82) is 0 Å². The number of ether oxygens (including phenoxy) is 3. The molecule has 152 valence electrons. The number of carbonyl (C=O) groups is 3. The van der Waals surface area contributed by atoms with Gasteiger partial charge in [0.25, 0.3) is 0 Å². The van der Waals surface area contributed by atoms with Crippen LogP contribution in [0.4, 0.5) is 0 Å². The van der Waals surface area contributed by atoms with E-state index in [2.05, 4.69) is 47.8 Å². The number of hydrogen-bond donors (Lipinski definition) is 1. The van der Waals surface area contributed by atoms with Crippen LogP contribution in [-0.2, 0) is 28.6 Å². The average molecular weight is 568 g/mol. The first kappa shape index (κ1) is 25.8. The van der Waals surface area contributed by atoms with Gasteiger partial charge in [0.2, 0.25) is 0 Å². The summed E-state index contributed by atoms with van der Waals surface area (Å²) in [6.45, 7) is 8.82. The highest BCUT2D eigenvalue weighted by Crippen LogP contribution is 2.22. The molecule has 0 heterocycles. The SMILES string of the molecule is CC(C)(Br)C(=O)OCC(N)(COC(=O)C(C)(C)Br)COC(=O)C(C)(C)Br. The molecule has 0 aliphatic heterocycles. The van der Waals surface area contributed by atoms with E-state index in [4.69, 9.17) is 19.9 Å². The van der Waals surface area contributed by atoms with Crippen LogP contribution in [0.1, 0.15) is 41.5 Å². The summed E-state index contributed by atoms with van der Waals surface area (Å²) in [4.78, 5) is 35.9. The minimum absolute atomic E-state index is 0.299. The van der Waals surface area contributed by atoms with Crippen LogP contribution in [0.25, 0.3) is 0 Å². The minimum Gasteiger partial charge on any atom is -0.462 e. The Kier molecular flexibility index (Phi) is 9.27. The van der Waals surface area contributed by atoms with Gasteiger partial charge in [0.1, 0.15) is 38.3 Å². The van der Waals surface area contributed by atoms with E-state index in [0.29, 0.717) is 0 Å². The van der Waals surface area contributed by atoms with Crippen molar-refractivity contribution < 1.29 is 28.6 Å². The number of nitrogens with two attached hydrogens (primary N) is 1. The fourth-order valence-corrected chi connectivity index (χ4v) is 1.61. The van der Waals surface area contributed by atoms with Gasteiger partial charge >= 0.3 is 17.9 Å². The topological polar surface area (TPSA) is 105 Å². The molecule has 0 saturated carbocycles. The van der Waals surface area contributed by atoms with Crippen molar-refractivity contribution in [3.8, 4) is 0 Å². The van der Waals surface area contributed by atoms with Crippen LogP contribution < -0.4 is 5.73 Å².